The molecule has 2 N–H and O–H groups in total. The average molecular weight is 701 g/mol. The molecule has 1 unspecified atom stereocenters. The fourth-order valence-electron chi connectivity index (χ4n) is 4.09. The van der Waals surface area contributed by atoms with E-state index >= 15 is 0 Å². The van der Waals surface area contributed by atoms with Crippen LogP contribution in [0.3, 0.4) is 0 Å². The van der Waals surface area contributed by atoms with Crippen molar-refractivity contribution in [1.29, 1.82) is 0 Å². The molecule has 0 saturated heterocycles. The van der Waals surface area contributed by atoms with Gasteiger partial charge in [0.15, 0.2) is 11.5 Å². The Balaban J connectivity index is 1.93. The Bertz CT molecular complexity index is 1780. The van der Waals surface area contributed by atoms with Crippen LogP contribution in [0.5, 0.6) is 0 Å². The summed E-state index contributed by atoms with van der Waals surface area (Å²) in [4.78, 5) is 41.8. The summed E-state index contributed by atoms with van der Waals surface area (Å²) in [6, 6.07) is 5.76. The summed E-state index contributed by atoms with van der Waals surface area (Å²) >= 11 is 12.2. The number of rotatable bonds is 8. The van der Waals surface area contributed by atoms with Crippen LogP contribution in [0.25, 0.3) is 5.82 Å². The van der Waals surface area contributed by atoms with Crippen molar-refractivity contribution in [3.63, 3.8) is 0 Å². The van der Waals surface area contributed by atoms with Gasteiger partial charge in [0.2, 0.25) is 0 Å². The summed E-state index contributed by atoms with van der Waals surface area (Å²) in [5.74, 6) is -5.27. The van der Waals surface area contributed by atoms with Crippen LogP contribution in [0.2, 0.25) is 10.0 Å². The zero-order valence-corrected chi connectivity index (χ0v) is 26.1. The molecule has 1 aromatic carbocycles. The van der Waals surface area contributed by atoms with Crippen molar-refractivity contribution in [2.24, 2.45) is 9.78 Å². The number of alkyl halides is 6. The van der Waals surface area contributed by atoms with Crippen molar-refractivity contribution in [1.82, 2.24) is 20.1 Å². The number of anilines is 1. The standard InChI is InChI=1S/C26H24Cl2F6N6O4S/c1-13-8-14(27)9-15(21(41)36-11-24(2,3)12-45(4,44)39-23(43)26(32,33)34)19(13)37-22(42)17-10-18(25(29,30)31)38-40(17)20-16(28)6-5-7-35-20/h5-10H,11-12H2,1-4H3,(H,36,41)(H,37,42). The summed E-state index contributed by atoms with van der Waals surface area (Å²) < 4.78 is 94.5. The number of nitrogens with one attached hydrogen (secondary N) is 2. The highest BCUT2D eigenvalue weighted by Crippen LogP contribution is 2.32. The number of hydrogen-bond acceptors (Lipinski definition) is 6. The Morgan fingerprint density at radius 3 is 2.27 bits per heavy atom. The van der Waals surface area contributed by atoms with Gasteiger partial charge in [-0.15, -0.1) is 0 Å². The van der Waals surface area contributed by atoms with Crippen LogP contribution in [-0.2, 0) is 20.7 Å². The number of hydrogen-bond donors (Lipinski definition) is 2. The molecule has 3 rings (SSSR count). The Hall–Kier alpha value is -3.70. The SMILES string of the molecule is Cc1cc(Cl)cc(C(=O)NCC(C)(C)CS(C)(=O)=NC(=O)C(F)(F)F)c1NC(=O)c1cc(C(F)(F)F)nn1-c1ncccc1Cl. The largest absolute Gasteiger partial charge is 0.474 e. The Morgan fingerprint density at radius 1 is 1.04 bits per heavy atom. The number of carbonyl (C=O) groups excluding carboxylic acids is 3. The van der Waals surface area contributed by atoms with Crippen molar-refractivity contribution >= 4 is 56.3 Å². The first-order valence-electron chi connectivity index (χ1n) is 12.5. The maximum absolute atomic E-state index is 13.5. The van der Waals surface area contributed by atoms with Crippen LogP contribution in [0, 0.1) is 12.3 Å². The molecule has 0 spiro atoms. The lowest BCUT2D eigenvalue weighted by Crippen LogP contribution is -2.38. The van der Waals surface area contributed by atoms with Gasteiger partial charge >= 0.3 is 18.3 Å². The molecule has 1 atom stereocenters. The van der Waals surface area contributed by atoms with Crippen molar-refractivity contribution in [3.05, 3.63) is 69.1 Å². The smallest absolute Gasteiger partial charge is 0.351 e. The van der Waals surface area contributed by atoms with Crippen LogP contribution in [0.1, 0.15) is 46.0 Å². The number of carbonyl (C=O) groups is 3. The summed E-state index contributed by atoms with van der Waals surface area (Å²) in [7, 11) is -3.67. The van der Waals surface area contributed by atoms with Gasteiger partial charge in [0.25, 0.3) is 11.8 Å². The second-order valence-electron chi connectivity index (χ2n) is 10.6. The van der Waals surface area contributed by atoms with E-state index in [4.69, 9.17) is 23.2 Å². The zero-order chi connectivity index (χ0) is 34.1. The van der Waals surface area contributed by atoms with Crippen molar-refractivity contribution in [3.8, 4) is 5.82 Å². The minimum atomic E-state index is -5.31. The monoisotopic (exact) mass is 700 g/mol. The van der Waals surface area contributed by atoms with Gasteiger partial charge in [0, 0.05) is 35.8 Å². The van der Waals surface area contributed by atoms with E-state index in [-0.39, 0.29) is 39.2 Å². The Morgan fingerprint density at radius 2 is 1.69 bits per heavy atom. The third kappa shape index (κ3) is 9.17. The highest BCUT2D eigenvalue weighted by atomic mass is 35.5. The van der Waals surface area contributed by atoms with Gasteiger partial charge in [-0.25, -0.2) is 13.9 Å². The molecule has 244 valence electrons. The minimum absolute atomic E-state index is 0.0561. The number of halogens is 8. The maximum atomic E-state index is 13.5. The highest BCUT2D eigenvalue weighted by Gasteiger charge is 2.40. The van der Waals surface area contributed by atoms with Crippen LogP contribution in [0.15, 0.2) is 40.9 Å². The maximum Gasteiger partial charge on any atom is 0.474 e. The van der Waals surface area contributed by atoms with Crippen LogP contribution in [0.4, 0.5) is 32.0 Å². The van der Waals surface area contributed by atoms with Gasteiger partial charge in [0.1, 0.15) is 5.69 Å². The van der Waals surface area contributed by atoms with Gasteiger partial charge in [0.05, 0.1) is 26.0 Å². The molecule has 0 saturated carbocycles. The van der Waals surface area contributed by atoms with E-state index in [9.17, 15) is 44.9 Å². The first kappa shape index (κ1) is 35.8. The first-order valence-corrected chi connectivity index (χ1v) is 15.3. The van der Waals surface area contributed by atoms with Gasteiger partial charge in [-0.1, -0.05) is 37.0 Å². The number of pyridine rings is 1. The molecular formula is C26H24Cl2F6N6O4S. The predicted octanol–water partition coefficient (Wildman–Crippen LogP) is 6.10. The number of benzene rings is 1. The van der Waals surface area contributed by atoms with Crippen LogP contribution in [-0.4, -0.2) is 61.4 Å². The van der Waals surface area contributed by atoms with Crippen molar-refractivity contribution < 1.29 is 44.9 Å². The molecule has 0 bridgehead atoms. The Kier molecular flexibility index (Phi) is 10.3. The van der Waals surface area contributed by atoms with E-state index in [1.54, 1.807) is 0 Å². The molecule has 19 heteroatoms. The zero-order valence-electron chi connectivity index (χ0n) is 23.7. The lowest BCUT2D eigenvalue weighted by atomic mass is 9.96. The van der Waals surface area contributed by atoms with E-state index in [1.807, 2.05) is 0 Å². The second-order valence-corrected chi connectivity index (χ2v) is 13.8. The number of nitrogens with zero attached hydrogens (tertiary/aromatic N) is 4. The predicted molar refractivity (Wildman–Crippen MR) is 154 cm³/mol. The lowest BCUT2D eigenvalue weighted by Gasteiger charge is -2.26. The molecule has 0 radical (unpaired) electrons. The molecule has 10 nitrogen and oxygen atoms in total. The summed E-state index contributed by atoms with van der Waals surface area (Å²) in [5.41, 5.74) is -3.33. The number of aromatic nitrogens is 3. The molecule has 0 aliphatic rings. The fourth-order valence-corrected chi connectivity index (χ4v) is 6.64. The van der Waals surface area contributed by atoms with Crippen LogP contribution < -0.4 is 10.6 Å². The topological polar surface area (TPSA) is 135 Å². The van der Waals surface area contributed by atoms with E-state index in [0.717, 1.165) is 6.26 Å². The third-order valence-corrected chi connectivity index (χ3v) is 8.24. The fraction of sp³-hybridized carbons (Fsp3) is 0.346. The second kappa shape index (κ2) is 13.0. The highest BCUT2D eigenvalue weighted by molar-refractivity contribution is 7.93. The molecule has 45 heavy (non-hydrogen) atoms. The molecular weight excluding hydrogens is 677 g/mol. The summed E-state index contributed by atoms with van der Waals surface area (Å²) in [5, 5.41) is 8.31. The van der Waals surface area contributed by atoms with Crippen molar-refractivity contribution in [2.45, 2.75) is 33.1 Å². The molecule has 0 fully saturated rings. The molecule has 0 aliphatic heterocycles. The average Bonchev–Trinajstić information content (AvgIpc) is 3.33. The minimum Gasteiger partial charge on any atom is -0.351 e. The van der Waals surface area contributed by atoms with Gasteiger partial charge in [-0.3, -0.25) is 14.4 Å². The molecule has 2 aromatic heterocycles. The summed E-state index contributed by atoms with van der Waals surface area (Å²) in [6.07, 6.45) is -8.14. The van der Waals surface area contributed by atoms with Gasteiger partial charge in [-0.2, -0.15) is 35.8 Å². The van der Waals surface area contributed by atoms with E-state index in [0.29, 0.717) is 10.7 Å². The normalized spacial score (nSPS) is 13.6. The van der Waals surface area contributed by atoms with Crippen LogP contribution >= 0.6 is 23.2 Å². The molecule has 3 aromatic rings. The molecule has 2 heterocycles. The number of aryl methyl sites for hydroxylation is 1. The third-order valence-electron chi connectivity index (χ3n) is 5.86. The first-order chi connectivity index (χ1) is 20.5. The van der Waals surface area contributed by atoms with Gasteiger partial charge in [-0.05, 0) is 42.2 Å². The van der Waals surface area contributed by atoms with E-state index < -0.39 is 62.4 Å². The van der Waals surface area contributed by atoms with E-state index in [2.05, 4.69) is 25.1 Å². The molecule has 0 aliphatic carbocycles. The lowest BCUT2D eigenvalue weighted by molar-refractivity contribution is -0.169. The molecule has 3 amide bonds. The van der Waals surface area contributed by atoms with Gasteiger partial charge < -0.3 is 10.6 Å². The van der Waals surface area contributed by atoms with E-state index in [1.165, 1.54) is 51.2 Å². The number of amides is 3. The summed E-state index contributed by atoms with van der Waals surface area (Å²) in [6.45, 7) is 4.09. The quantitative estimate of drug-likeness (QED) is 0.273. The van der Waals surface area contributed by atoms with Crippen molar-refractivity contribution in [2.75, 3.05) is 23.9 Å². The Labute approximate surface area is 262 Å².